The fourth-order valence-electron chi connectivity index (χ4n) is 4.59. The van der Waals surface area contributed by atoms with Gasteiger partial charge in [0.05, 0.1) is 36.6 Å². The van der Waals surface area contributed by atoms with E-state index in [2.05, 4.69) is 72.6 Å². The van der Waals surface area contributed by atoms with Crippen LogP contribution in [0.5, 0.6) is 0 Å². The molecule has 0 radical (unpaired) electrons. The molecule has 0 amide bonds. The second-order valence-corrected chi connectivity index (χ2v) is 13.4. The van der Waals surface area contributed by atoms with Gasteiger partial charge in [-0.05, 0) is 55.0 Å². The van der Waals surface area contributed by atoms with Gasteiger partial charge in [-0.3, -0.25) is 9.36 Å². The van der Waals surface area contributed by atoms with Gasteiger partial charge in [0.1, 0.15) is 10.1 Å². The Labute approximate surface area is 263 Å². The molecule has 0 aliphatic rings. The van der Waals surface area contributed by atoms with E-state index in [0.29, 0.717) is 36.6 Å². The highest BCUT2D eigenvalue weighted by molar-refractivity contribution is 8.76. The molecule has 4 aromatic heterocycles. The maximum atomic E-state index is 4.73. The zero-order valence-corrected chi connectivity index (χ0v) is 26.7. The number of tetrazole rings is 2. The van der Waals surface area contributed by atoms with Crippen LogP contribution in [0.2, 0.25) is 0 Å². The van der Waals surface area contributed by atoms with Crippen LogP contribution in [0.4, 0.5) is 0 Å². The van der Waals surface area contributed by atoms with E-state index in [-0.39, 0.29) is 0 Å². The first-order valence-corrected chi connectivity index (χ1v) is 16.7. The Morgan fingerprint density at radius 3 is 1.39 bits per heavy atom. The van der Waals surface area contributed by atoms with E-state index in [1.807, 2.05) is 58.2 Å². The highest BCUT2D eigenvalue weighted by atomic mass is 33.1. The van der Waals surface area contributed by atoms with Crippen LogP contribution >= 0.6 is 21.6 Å². The number of benzene rings is 2. The summed E-state index contributed by atoms with van der Waals surface area (Å²) < 4.78 is 4.04. The van der Waals surface area contributed by atoms with E-state index in [1.165, 1.54) is 0 Å². The molecule has 6 rings (SSSR count). The average molecular weight is 627 g/mol. The van der Waals surface area contributed by atoms with Crippen molar-refractivity contribution in [1.82, 2.24) is 60.0 Å². The highest BCUT2D eigenvalue weighted by Gasteiger charge is 2.23. The van der Waals surface area contributed by atoms with Crippen molar-refractivity contribution in [2.45, 2.75) is 63.9 Å². The zero-order chi connectivity index (χ0) is 30.5. The predicted octanol–water partition coefficient (Wildman–Crippen LogP) is 5.59. The monoisotopic (exact) mass is 626 g/mol. The summed E-state index contributed by atoms with van der Waals surface area (Å²) in [5.74, 6) is 1.89. The number of hydrogen-bond acceptors (Lipinski definition) is 10. The van der Waals surface area contributed by atoms with Gasteiger partial charge >= 0.3 is 0 Å². The topological polar surface area (TPSA) is 123 Å². The molecule has 0 bridgehead atoms. The number of hydrogen-bond donors (Lipinski definition) is 0. The average Bonchev–Trinajstić information content (AvgIpc) is 3.81. The van der Waals surface area contributed by atoms with Gasteiger partial charge < -0.3 is 0 Å². The van der Waals surface area contributed by atoms with Crippen molar-refractivity contribution >= 4 is 21.6 Å². The predicted molar refractivity (Wildman–Crippen MR) is 171 cm³/mol. The summed E-state index contributed by atoms with van der Waals surface area (Å²) in [6.45, 7) is 11.3. The van der Waals surface area contributed by atoms with Crippen LogP contribution in [-0.2, 0) is 26.2 Å². The number of nitrogens with zero attached hydrogens (tertiary/aromatic N) is 12. The third-order valence-corrected chi connectivity index (χ3v) is 9.04. The van der Waals surface area contributed by atoms with Crippen molar-refractivity contribution < 1.29 is 0 Å². The van der Waals surface area contributed by atoms with Crippen molar-refractivity contribution in [1.29, 1.82) is 0 Å². The van der Waals surface area contributed by atoms with Gasteiger partial charge in [0.15, 0.2) is 0 Å². The first-order valence-electron chi connectivity index (χ1n) is 14.5. The van der Waals surface area contributed by atoms with Crippen LogP contribution < -0.4 is 0 Å². The third kappa shape index (κ3) is 7.08. The van der Waals surface area contributed by atoms with Crippen molar-refractivity contribution in [2.24, 2.45) is 11.8 Å². The van der Waals surface area contributed by atoms with Crippen LogP contribution in [-0.4, -0.2) is 60.0 Å². The molecule has 0 aliphatic heterocycles. The van der Waals surface area contributed by atoms with Crippen LogP contribution in [0.1, 0.15) is 38.8 Å². The van der Waals surface area contributed by atoms with Gasteiger partial charge in [-0.25, -0.2) is 0 Å². The summed E-state index contributed by atoms with van der Waals surface area (Å²) in [4.78, 5) is 3.23. The molecule has 0 N–H and O–H groups in total. The summed E-state index contributed by atoms with van der Waals surface area (Å²) in [6, 6.07) is 20.2. The highest BCUT2D eigenvalue weighted by Crippen LogP contribution is 2.44. The molecule has 14 heteroatoms. The lowest BCUT2D eigenvalue weighted by Crippen LogP contribution is -2.08. The fraction of sp³-hybridized carbons (Fsp3) is 0.333. The third-order valence-electron chi connectivity index (χ3n) is 6.58. The molecule has 4 heterocycles. The van der Waals surface area contributed by atoms with Crippen molar-refractivity contribution in [3.63, 3.8) is 0 Å². The first kappa shape index (κ1) is 29.8. The maximum Gasteiger partial charge on any atom is 0.209 e. The van der Waals surface area contributed by atoms with Crippen molar-refractivity contribution in [3.8, 4) is 22.8 Å². The lowest BCUT2D eigenvalue weighted by atomic mass is 10.2. The Morgan fingerprint density at radius 1 is 0.591 bits per heavy atom. The van der Waals surface area contributed by atoms with Crippen LogP contribution in [0.15, 0.2) is 83.1 Å². The lowest BCUT2D eigenvalue weighted by Gasteiger charge is -2.12. The molecular weight excluding hydrogens is 593 g/mol. The van der Waals surface area contributed by atoms with Gasteiger partial charge in [0.2, 0.25) is 11.6 Å². The van der Waals surface area contributed by atoms with E-state index in [1.54, 1.807) is 31.2 Å². The van der Waals surface area contributed by atoms with E-state index < -0.39 is 0 Å². The minimum atomic E-state index is 0.403. The molecule has 0 saturated carbocycles. The van der Waals surface area contributed by atoms with E-state index in [0.717, 1.165) is 45.4 Å². The number of rotatable bonds is 13. The van der Waals surface area contributed by atoms with Crippen LogP contribution in [0, 0.1) is 11.8 Å². The minimum Gasteiger partial charge on any atom is -0.257 e. The normalized spacial score (nSPS) is 11.7. The van der Waals surface area contributed by atoms with Crippen molar-refractivity contribution in [2.75, 3.05) is 0 Å². The second kappa shape index (κ2) is 13.6. The van der Waals surface area contributed by atoms with E-state index in [9.17, 15) is 0 Å². The summed E-state index contributed by atoms with van der Waals surface area (Å²) in [5.41, 5.74) is 3.89. The molecule has 226 valence electrons. The summed E-state index contributed by atoms with van der Waals surface area (Å²) in [6.07, 6.45) is 3.66. The fourth-order valence-corrected chi connectivity index (χ4v) is 7.16. The van der Waals surface area contributed by atoms with E-state index >= 15 is 0 Å². The Morgan fingerprint density at radius 2 is 1.00 bits per heavy atom. The smallest absolute Gasteiger partial charge is 0.209 e. The molecule has 0 saturated heterocycles. The minimum absolute atomic E-state index is 0.403. The molecule has 2 aromatic carbocycles. The number of aromatic nitrogens is 12. The molecule has 0 aliphatic carbocycles. The standard InChI is InChI=1S/C30H34N12S2/c1-21(2)17-39-29(25(15-31-39)27-33-37-41(35-27)19-23-11-7-5-8-12-23)43-44-30-26(16-32-40(30)18-22(3)4)28-34-38-42(36-28)20-24-13-9-6-10-14-24/h5-16,21-22H,17-20H2,1-4H3. The molecule has 0 unspecified atom stereocenters. The Kier molecular flexibility index (Phi) is 9.17. The van der Waals surface area contributed by atoms with Gasteiger partial charge in [-0.15, -0.1) is 20.4 Å². The second-order valence-electron chi connectivity index (χ2n) is 11.3. The summed E-state index contributed by atoms with van der Waals surface area (Å²) >= 11 is 0. The van der Waals surface area contributed by atoms with Gasteiger partial charge in [0, 0.05) is 13.1 Å². The molecule has 6 aromatic rings. The Hall–Kier alpha value is -4.30. The first-order chi connectivity index (χ1) is 21.4. The molecule has 0 fully saturated rings. The van der Waals surface area contributed by atoms with Crippen LogP contribution in [0.25, 0.3) is 22.8 Å². The van der Waals surface area contributed by atoms with Crippen LogP contribution in [0.3, 0.4) is 0 Å². The lowest BCUT2D eigenvalue weighted by molar-refractivity contribution is 0.456. The molecule has 0 spiro atoms. The summed E-state index contributed by atoms with van der Waals surface area (Å²) in [7, 11) is 3.21. The largest absolute Gasteiger partial charge is 0.257 e. The SMILES string of the molecule is CC(C)Cn1ncc(-c2nnn(Cc3ccccc3)n2)c1SSc1c(-c2nnn(Cc3ccccc3)n2)cnn1CC(C)C. The molecule has 0 atom stereocenters. The molecule has 12 nitrogen and oxygen atoms in total. The Balaban J connectivity index is 1.28. The van der Waals surface area contributed by atoms with Gasteiger partial charge in [-0.1, -0.05) is 88.4 Å². The zero-order valence-electron chi connectivity index (χ0n) is 25.1. The quantitative estimate of drug-likeness (QED) is 0.150. The maximum absolute atomic E-state index is 4.73. The molecule has 44 heavy (non-hydrogen) atoms. The van der Waals surface area contributed by atoms with Gasteiger partial charge in [0.25, 0.3) is 0 Å². The Bertz CT molecular complexity index is 1650. The summed E-state index contributed by atoms with van der Waals surface area (Å²) in [5, 5.41) is 38.2. The van der Waals surface area contributed by atoms with Gasteiger partial charge in [-0.2, -0.15) is 19.8 Å². The van der Waals surface area contributed by atoms with E-state index in [4.69, 9.17) is 20.4 Å². The molecular formula is C30H34N12S2. The van der Waals surface area contributed by atoms with Crippen molar-refractivity contribution in [3.05, 3.63) is 84.2 Å².